The molecule has 0 atom stereocenters. The first kappa shape index (κ1) is 22.5. The predicted octanol–water partition coefficient (Wildman–Crippen LogP) is 1.33. The van der Waals surface area contributed by atoms with Gasteiger partial charge in [-0.2, -0.15) is 0 Å². The molecule has 0 bridgehead atoms. The van der Waals surface area contributed by atoms with Crippen LogP contribution in [0.25, 0.3) is 22.1 Å². The zero-order valence-electron chi connectivity index (χ0n) is 16.4. The van der Waals surface area contributed by atoms with Gasteiger partial charge in [-0.05, 0) is 36.4 Å². The number of benzene rings is 3. The van der Waals surface area contributed by atoms with Gasteiger partial charge in [0.15, 0.2) is 22.1 Å². The molecule has 2 aromatic heterocycles. The van der Waals surface area contributed by atoms with Gasteiger partial charge in [-0.3, -0.25) is 0 Å². The molecule has 0 aliphatic carbocycles. The molecule has 0 saturated heterocycles. The second-order valence-corrected chi connectivity index (χ2v) is 7.75. The van der Waals surface area contributed by atoms with E-state index in [2.05, 4.69) is 19.9 Å². The Labute approximate surface area is 182 Å². The summed E-state index contributed by atoms with van der Waals surface area (Å²) in [6.07, 6.45) is 3.65. The zero-order chi connectivity index (χ0) is 23.1. The maximum Gasteiger partial charge on any atom is 0.335 e. The monoisotopic (exact) mass is 454 g/mol. The van der Waals surface area contributed by atoms with Crippen LogP contribution in [0.3, 0.4) is 0 Å². The summed E-state index contributed by atoms with van der Waals surface area (Å²) in [7, 11) is -4.73. The molecule has 0 spiro atoms. The largest absolute Gasteiger partial charge is 0.872 e. The summed E-state index contributed by atoms with van der Waals surface area (Å²) in [4.78, 5) is 21.9. The van der Waals surface area contributed by atoms with Gasteiger partial charge in [-0.25, -0.2) is 33.1 Å². The number of carboxylic acids is 1. The maximum absolute atomic E-state index is 10.9. The number of carbonyl (C=O) groups is 1. The van der Waals surface area contributed by atoms with Crippen LogP contribution in [0.4, 0.5) is 0 Å². The summed E-state index contributed by atoms with van der Waals surface area (Å²) in [6.45, 7) is 0. The lowest BCUT2D eigenvalue weighted by Gasteiger charge is -2.13. The highest BCUT2D eigenvalue weighted by atomic mass is 32.2. The Morgan fingerprint density at radius 2 is 1.34 bits per heavy atom. The van der Waals surface area contributed by atoms with Crippen molar-refractivity contribution in [2.45, 2.75) is 4.90 Å². The lowest BCUT2D eigenvalue weighted by molar-refractivity contribution is -0.344. The Balaban J connectivity index is 0.000000140. The van der Waals surface area contributed by atoms with Crippen LogP contribution in [-0.4, -0.2) is 34.0 Å². The van der Waals surface area contributed by atoms with Crippen LogP contribution in [0, 0.1) is 0 Å². The summed E-state index contributed by atoms with van der Waals surface area (Å²) in [5.41, 5.74) is 3.87. The molecule has 0 saturated carbocycles. The van der Waals surface area contributed by atoms with Gasteiger partial charge in [0.05, 0.1) is 10.5 Å². The van der Waals surface area contributed by atoms with E-state index in [1.807, 2.05) is 61.2 Å². The molecule has 0 unspecified atom stereocenters. The molecule has 0 radical (unpaired) electrons. The molecule has 5 aromatic rings. The standard InChI is InChI=1S/2C7H6N2.C7H6O6S/c2*1-2-4-7-6(3-1)8-5-9-7;8-6-2-1-4(14(11,12)13)3-5(6)7(9)10/h2*1-5H,(H,8,9);1-3,8H,(H,9,10)(H,11,12,13). The molecule has 5 rings (SSSR count). The number of para-hydroxylation sites is 4. The van der Waals surface area contributed by atoms with Crippen LogP contribution in [0.5, 0.6) is 5.75 Å². The molecule has 0 aliphatic heterocycles. The van der Waals surface area contributed by atoms with Crippen molar-refractivity contribution in [2.75, 3.05) is 0 Å². The van der Waals surface area contributed by atoms with Gasteiger partial charge in [0.1, 0.15) is 10.1 Å². The van der Waals surface area contributed by atoms with Gasteiger partial charge in [0.25, 0.3) is 0 Å². The van der Waals surface area contributed by atoms with Gasteiger partial charge in [-0.15, -0.1) is 0 Å². The molecule has 0 aliphatic rings. The van der Waals surface area contributed by atoms with Gasteiger partial charge >= 0.3 is 5.97 Å². The third-order valence-electron chi connectivity index (χ3n) is 4.23. The first-order valence-corrected chi connectivity index (χ1v) is 10.5. The summed E-state index contributed by atoms with van der Waals surface area (Å²) < 4.78 is 31.4. The Hall–Kier alpha value is -4.22. The van der Waals surface area contributed by atoms with Crippen LogP contribution < -0.4 is 15.1 Å². The Kier molecular flexibility index (Phi) is 6.83. The SMILES string of the molecule is O=C(O)c1cc(S(=O)(=O)[O-])ccc1[O-].c1ccc2[nH+]c[nH]c2c1.c1ccc2[nH+]c[nH]c2c1. The predicted molar refractivity (Wildman–Crippen MR) is 111 cm³/mol. The Morgan fingerprint density at radius 1 is 0.844 bits per heavy atom. The fraction of sp³-hybridized carbons (Fsp3) is 0. The number of imidazole rings is 2. The smallest absolute Gasteiger partial charge is 0.335 e. The quantitative estimate of drug-likeness (QED) is 0.339. The van der Waals surface area contributed by atoms with Crippen molar-refractivity contribution in [3.05, 3.63) is 84.9 Å². The minimum absolute atomic E-state index is 0.549. The van der Waals surface area contributed by atoms with E-state index >= 15 is 0 Å². The van der Waals surface area contributed by atoms with Gasteiger partial charge < -0.3 is 14.8 Å². The number of hydrogen-bond donors (Lipinski definition) is 3. The molecule has 0 amide bonds. The summed E-state index contributed by atoms with van der Waals surface area (Å²) >= 11 is 0. The first-order chi connectivity index (χ1) is 15.3. The molecule has 164 valence electrons. The Bertz CT molecular complexity index is 1330. The molecule has 2 heterocycles. The lowest BCUT2D eigenvalue weighted by Crippen LogP contribution is -2.07. The van der Waals surface area contributed by atoms with Crippen molar-refractivity contribution in [3.63, 3.8) is 0 Å². The van der Waals surface area contributed by atoms with E-state index in [9.17, 15) is 22.9 Å². The second-order valence-electron chi connectivity index (χ2n) is 6.37. The van der Waals surface area contributed by atoms with E-state index in [0.29, 0.717) is 6.07 Å². The van der Waals surface area contributed by atoms with Crippen molar-refractivity contribution in [1.29, 1.82) is 0 Å². The fourth-order valence-electron chi connectivity index (χ4n) is 2.68. The zero-order valence-corrected chi connectivity index (χ0v) is 17.2. The van der Waals surface area contributed by atoms with Crippen LogP contribution in [0.1, 0.15) is 10.4 Å². The van der Waals surface area contributed by atoms with Crippen LogP contribution >= 0.6 is 0 Å². The first-order valence-electron chi connectivity index (χ1n) is 9.13. The third kappa shape index (κ3) is 5.68. The van der Waals surface area contributed by atoms with Crippen LogP contribution in [0.15, 0.2) is 84.3 Å². The van der Waals surface area contributed by atoms with Gasteiger partial charge in [-0.1, -0.05) is 36.1 Å². The van der Waals surface area contributed by atoms with E-state index in [-0.39, 0.29) is 0 Å². The second kappa shape index (κ2) is 9.73. The molecule has 5 N–H and O–H groups in total. The average molecular weight is 454 g/mol. The summed E-state index contributed by atoms with van der Waals surface area (Å²) in [5.74, 6) is -2.41. The van der Waals surface area contributed by atoms with Gasteiger partial charge in [0.2, 0.25) is 12.7 Å². The summed E-state index contributed by atoms with van der Waals surface area (Å²) in [6, 6.07) is 18.2. The van der Waals surface area contributed by atoms with Crippen molar-refractivity contribution >= 4 is 38.2 Å². The molecular weight excluding hydrogens is 436 g/mol. The normalized spacial score (nSPS) is 10.7. The van der Waals surface area contributed by atoms with E-state index in [0.717, 1.165) is 34.2 Å². The number of aromatic carboxylic acids is 1. The minimum atomic E-state index is -4.73. The van der Waals surface area contributed by atoms with Gasteiger partial charge in [0, 0.05) is 0 Å². The fourth-order valence-corrected chi connectivity index (χ4v) is 3.18. The number of aromatic amines is 4. The third-order valence-corrected chi connectivity index (χ3v) is 5.07. The van der Waals surface area contributed by atoms with Crippen molar-refractivity contribution in [3.8, 4) is 5.75 Å². The molecule has 32 heavy (non-hydrogen) atoms. The highest BCUT2D eigenvalue weighted by Gasteiger charge is 2.08. The van der Waals surface area contributed by atoms with E-state index in [1.54, 1.807) is 0 Å². The van der Waals surface area contributed by atoms with Crippen molar-refractivity contribution in [2.24, 2.45) is 0 Å². The number of fused-ring (bicyclic) bond motifs is 2. The molecular formula is C21H18N4O6S. The van der Waals surface area contributed by atoms with E-state index < -0.39 is 32.3 Å². The number of aromatic nitrogens is 4. The van der Waals surface area contributed by atoms with Crippen molar-refractivity contribution < 1.29 is 37.9 Å². The lowest BCUT2D eigenvalue weighted by atomic mass is 10.2. The Morgan fingerprint density at radius 3 is 1.78 bits per heavy atom. The number of hydrogen-bond acceptors (Lipinski definition) is 5. The van der Waals surface area contributed by atoms with Crippen LogP contribution in [0.2, 0.25) is 0 Å². The molecule has 3 aromatic carbocycles. The number of H-pyrrole nitrogens is 4. The number of rotatable bonds is 2. The highest BCUT2D eigenvalue weighted by Crippen LogP contribution is 2.18. The topological polar surface area (TPSA) is 177 Å². The van der Waals surface area contributed by atoms with E-state index in [1.165, 1.54) is 0 Å². The average Bonchev–Trinajstić information content (AvgIpc) is 3.43. The van der Waals surface area contributed by atoms with Crippen LogP contribution in [-0.2, 0) is 10.1 Å². The molecule has 0 fully saturated rings. The van der Waals surface area contributed by atoms with E-state index in [4.69, 9.17) is 5.11 Å². The number of nitrogens with one attached hydrogen (secondary N) is 4. The summed E-state index contributed by atoms with van der Waals surface area (Å²) in [5, 5.41) is 19.3. The molecule has 10 nitrogen and oxygen atoms in total. The molecule has 11 heteroatoms. The maximum atomic E-state index is 10.9. The number of carboxylic acid groups (broad SMARTS) is 1. The highest BCUT2D eigenvalue weighted by molar-refractivity contribution is 7.85. The minimum Gasteiger partial charge on any atom is -0.872 e. The van der Waals surface area contributed by atoms with Crippen molar-refractivity contribution in [1.82, 2.24) is 9.97 Å².